The van der Waals surface area contributed by atoms with Crippen LogP contribution in [0, 0.1) is 0 Å². The lowest BCUT2D eigenvalue weighted by Gasteiger charge is -2.07. The molecule has 0 atom stereocenters. The van der Waals surface area contributed by atoms with Gasteiger partial charge in [-0.25, -0.2) is 0 Å². The summed E-state index contributed by atoms with van der Waals surface area (Å²) in [5.41, 5.74) is 0. The Morgan fingerprint density at radius 3 is 2.67 bits per heavy atom. The van der Waals surface area contributed by atoms with E-state index in [4.69, 9.17) is 4.74 Å². The molecule has 1 aromatic heterocycles. The van der Waals surface area contributed by atoms with Gasteiger partial charge in [0.1, 0.15) is 5.82 Å². The van der Waals surface area contributed by atoms with Gasteiger partial charge in [-0.2, -0.15) is 4.98 Å². The number of carbonyl (C=O) groups is 2. The summed E-state index contributed by atoms with van der Waals surface area (Å²) >= 11 is 3.25. The molecule has 0 saturated heterocycles. The van der Waals surface area contributed by atoms with Crippen LogP contribution >= 0.6 is 15.9 Å². The van der Waals surface area contributed by atoms with Crippen molar-refractivity contribution in [3.8, 4) is 5.88 Å². The number of rotatable bonds is 5. The van der Waals surface area contributed by atoms with Crippen molar-refractivity contribution in [1.82, 2.24) is 4.98 Å². The molecule has 6 nitrogen and oxygen atoms in total. The maximum Gasteiger partial charge on any atom is 0.306 e. The van der Waals surface area contributed by atoms with Crippen LogP contribution in [0.2, 0.25) is 0 Å². The van der Waals surface area contributed by atoms with Gasteiger partial charge in [-0.05, 0) is 28.1 Å². The molecular formula is C11H13BrN2O4. The second-order valence-electron chi connectivity index (χ2n) is 3.31. The lowest BCUT2D eigenvalue weighted by atomic mass is 10.3. The number of nitrogens with zero attached hydrogens (tertiary/aromatic N) is 1. The van der Waals surface area contributed by atoms with E-state index in [1.54, 1.807) is 12.1 Å². The second kappa shape index (κ2) is 6.95. The van der Waals surface area contributed by atoms with Crippen LogP contribution in [0.3, 0.4) is 0 Å². The SMILES string of the molecule is COC(=O)CCC(=O)Nc1ccc(Br)c(OC)n1. The zero-order chi connectivity index (χ0) is 13.5. The van der Waals surface area contributed by atoms with Crippen molar-refractivity contribution in [3.05, 3.63) is 16.6 Å². The van der Waals surface area contributed by atoms with Crippen LogP contribution in [0.15, 0.2) is 16.6 Å². The molecule has 1 amide bonds. The van der Waals surface area contributed by atoms with Crippen molar-refractivity contribution in [2.24, 2.45) is 0 Å². The van der Waals surface area contributed by atoms with Gasteiger partial charge in [0.25, 0.3) is 0 Å². The standard InChI is InChI=1S/C11H13BrN2O4/c1-17-10(16)6-5-9(15)13-8-4-3-7(12)11(14-8)18-2/h3-4H,5-6H2,1-2H3,(H,13,14,15). The van der Waals surface area contributed by atoms with Crippen molar-refractivity contribution in [3.63, 3.8) is 0 Å². The summed E-state index contributed by atoms with van der Waals surface area (Å²) in [4.78, 5) is 26.4. The second-order valence-corrected chi connectivity index (χ2v) is 4.17. The maximum atomic E-state index is 11.5. The Balaban J connectivity index is 2.56. The smallest absolute Gasteiger partial charge is 0.306 e. The van der Waals surface area contributed by atoms with E-state index in [1.165, 1.54) is 14.2 Å². The first kappa shape index (κ1) is 14.4. The first-order chi connectivity index (χ1) is 8.56. The molecule has 0 aliphatic rings. The first-order valence-corrected chi connectivity index (χ1v) is 5.93. The molecule has 0 aliphatic heterocycles. The zero-order valence-corrected chi connectivity index (χ0v) is 11.6. The number of halogens is 1. The van der Waals surface area contributed by atoms with Crippen molar-refractivity contribution in [2.75, 3.05) is 19.5 Å². The molecule has 0 spiro atoms. The molecule has 1 heterocycles. The quantitative estimate of drug-likeness (QED) is 0.837. The number of nitrogens with one attached hydrogen (secondary N) is 1. The Morgan fingerprint density at radius 2 is 2.06 bits per heavy atom. The Morgan fingerprint density at radius 1 is 1.33 bits per heavy atom. The number of esters is 1. The molecule has 1 rings (SSSR count). The fraction of sp³-hybridized carbons (Fsp3) is 0.364. The number of anilines is 1. The van der Waals surface area contributed by atoms with Gasteiger partial charge in [0.15, 0.2) is 0 Å². The van der Waals surface area contributed by atoms with E-state index in [2.05, 4.69) is 31.0 Å². The Hall–Kier alpha value is -1.63. The number of carbonyl (C=O) groups excluding carboxylic acids is 2. The Labute approximate surface area is 113 Å². The predicted octanol–water partition coefficient (Wildman–Crippen LogP) is 1.74. The fourth-order valence-corrected chi connectivity index (χ4v) is 1.54. The van der Waals surface area contributed by atoms with E-state index in [-0.39, 0.29) is 18.7 Å². The lowest BCUT2D eigenvalue weighted by molar-refractivity contribution is -0.141. The highest BCUT2D eigenvalue weighted by Gasteiger charge is 2.09. The molecular weight excluding hydrogens is 304 g/mol. The fourth-order valence-electron chi connectivity index (χ4n) is 1.16. The molecule has 0 saturated carbocycles. The molecule has 0 unspecified atom stereocenters. The predicted molar refractivity (Wildman–Crippen MR) is 68.4 cm³/mol. The number of ether oxygens (including phenoxy) is 2. The van der Waals surface area contributed by atoms with Gasteiger partial charge >= 0.3 is 5.97 Å². The van der Waals surface area contributed by atoms with Crippen molar-refractivity contribution < 1.29 is 19.1 Å². The Bertz CT molecular complexity index is 451. The first-order valence-electron chi connectivity index (χ1n) is 5.14. The van der Waals surface area contributed by atoms with E-state index in [1.807, 2.05) is 0 Å². The summed E-state index contributed by atoms with van der Waals surface area (Å²) in [5, 5.41) is 2.56. The number of pyridine rings is 1. The van der Waals surface area contributed by atoms with Crippen molar-refractivity contribution in [2.45, 2.75) is 12.8 Å². The van der Waals surface area contributed by atoms with Crippen LogP contribution in [0.5, 0.6) is 5.88 Å². The molecule has 0 aliphatic carbocycles. The minimum absolute atomic E-state index is 0.0377. The molecule has 1 N–H and O–H groups in total. The zero-order valence-electron chi connectivity index (χ0n) is 10.0. The minimum atomic E-state index is -0.425. The third-order valence-corrected chi connectivity index (χ3v) is 2.66. The molecule has 0 fully saturated rings. The van der Waals surface area contributed by atoms with Crippen LogP contribution in [-0.2, 0) is 14.3 Å². The molecule has 7 heteroatoms. The monoisotopic (exact) mass is 316 g/mol. The number of hydrogen-bond donors (Lipinski definition) is 1. The number of hydrogen-bond acceptors (Lipinski definition) is 5. The topological polar surface area (TPSA) is 77.5 Å². The van der Waals surface area contributed by atoms with Gasteiger partial charge in [-0.3, -0.25) is 9.59 Å². The van der Waals surface area contributed by atoms with E-state index in [0.29, 0.717) is 16.2 Å². The average molecular weight is 317 g/mol. The summed E-state index contributed by atoms with van der Waals surface area (Å²) in [5.74, 6) is 0.00875. The average Bonchev–Trinajstić information content (AvgIpc) is 2.38. The van der Waals surface area contributed by atoms with Gasteiger partial charge in [0, 0.05) is 6.42 Å². The van der Waals surface area contributed by atoms with Gasteiger partial charge < -0.3 is 14.8 Å². The van der Waals surface area contributed by atoms with E-state index >= 15 is 0 Å². The van der Waals surface area contributed by atoms with E-state index in [0.717, 1.165) is 0 Å². The van der Waals surface area contributed by atoms with Gasteiger partial charge in [-0.15, -0.1) is 0 Å². The summed E-state index contributed by atoms with van der Waals surface area (Å²) in [6.45, 7) is 0. The third-order valence-electron chi connectivity index (χ3n) is 2.06. The largest absolute Gasteiger partial charge is 0.480 e. The van der Waals surface area contributed by atoms with Crippen LogP contribution in [0.25, 0.3) is 0 Å². The normalized spacial score (nSPS) is 9.72. The van der Waals surface area contributed by atoms with Crippen molar-refractivity contribution in [1.29, 1.82) is 0 Å². The molecule has 0 bridgehead atoms. The minimum Gasteiger partial charge on any atom is -0.480 e. The highest BCUT2D eigenvalue weighted by molar-refractivity contribution is 9.10. The number of aromatic nitrogens is 1. The summed E-state index contributed by atoms with van der Waals surface area (Å²) in [6.07, 6.45) is 0.0860. The van der Waals surface area contributed by atoms with Crippen molar-refractivity contribution >= 4 is 33.6 Å². The van der Waals surface area contributed by atoms with Crippen LogP contribution in [0.1, 0.15) is 12.8 Å². The van der Waals surface area contributed by atoms with Crippen LogP contribution in [-0.4, -0.2) is 31.1 Å². The molecule has 98 valence electrons. The number of methoxy groups -OCH3 is 2. The summed E-state index contributed by atoms with van der Waals surface area (Å²) in [6, 6.07) is 3.34. The summed E-state index contributed by atoms with van der Waals surface area (Å²) in [7, 11) is 2.76. The Kier molecular flexibility index (Phi) is 5.57. The highest BCUT2D eigenvalue weighted by Crippen LogP contribution is 2.23. The lowest BCUT2D eigenvalue weighted by Crippen LogP contribution is -2.14. The third kappa shape index (κ3) is 4.33. The molecule has 0 radical (unpaired) electrons. The van der Waals surface area contributed by atoms with Gasteiger partial charge in [0.05, 0.1) is 25.1 Å². The maximum absolute atomic E-state index is 11.5. The van der Waals surface area contributed by atoms with E-state index < -0.39 is 5.97 Å². The van der Waals surface area contributed by atoms with Crippen LogP contribution in [0.4, 0.5) is 5.82 Å². The molecule has 1 aromatic rings. The van der Waals surface area contributed by atoms with Gasteiger partial charge in [-0.1, -0.05) is 0 Å². The van der Waals surface area contributed by atoms with Crippen LogP contribution < -0.4 is 10.1 Å². The highest BCUT2D eigenvalue weighted by atomic mass is 79.9. The van der Waals surface area contributed by atoms with E-state index in [9.17, 15) is 9.59 Å². The molecule has 0 aromatic carbocycles. The summed E-state index contributed by atoms with van der Waals surface area (Å²) < 4.78 is 10.1. The number of amides is 1. The molecule has 18 heavy (non-hydrogen) atoms. The van der Waals surface area contributed by atoms with Gasteiger partial charge in [0.2, 0.25) is 11.8 Å².